The Morgan fingerprint density at radius 2 is 2.10 bits per heavy atom. The summed E-state index contributed by atoms with van der Waals surface area (Å²) in [6.07, 6.45) is -0.0451. The summed E-state index contributed by atoms with van der Waals surface area (Å²) in [5, 5.41) is 3.70. The maximum atomic E-state index is 11.9. The van der Waals surface area contributed by atoms with Gasteiger partial charge in [-0.3, -0.25) is 23.5 Å². The van der Waals surface area contributed by atoms with Crippen LogP contribution in [0.3, 0.4) is 0 Å². The fourth-order valence-electron chi connectivity index (χ4n) is 2.87. The molecule has 0 saturated carbocycles. The number of anilines is 1. The second-order valence-electron chi connectivity index (χ2n) is 5.75. The van der Waals surface area contributed by atoms with Gasteiger partial charge in [0.05, 0.1) is 25.1 Å². The molecular weight excluding hydrogens is 523 g/mol. The molecule has 1 radical (unpaired) electrons. The van der Waals surface area contributed by atoms with Gasteiger partial charge in [0.2, 0.25) is 5.95 Å². The quantitative estimate of drug-likeness (QED) is 0.142. The number of aromatic amines is 1. The molecule has 163 valence electrons. The Morgan fingerprint density at radius 1 is 1.47 bits per heavy atom. The van der Waals surface area contributed by atoms with Gasteiger partial charge in [-0.15, -0.1) is 0 Å². The molecule has 1 saturated heterocycles. The first-order valence-electron chi connectivity index (χ1n) is 7.85. The van der Waals surface area contributed by atoms with Crippen molar-refractivity contribution < 1.29 is 65.8 Å². The molecular formula is C11H18N8O8P2Y. The van der Waals surface area contributed by atoms with Gasteiger partial charge in [0.1, 0.15) is 6.23 Å². The van der Waals surface area contributed by atoms with E-state index in [1.54, 1.807) is 6.92 Å². The van der Waals surface area contributed by atoms with E-state index in [0.29, 0.717) is 0 Å². The van der Waals surface area contributed by atoms with Crippen LogP contribution in [0.2, 0.25) is 0 Å². The van der Waals surface area contributed by atoms with E-state index in [2.05, 4.69) is 25.0 Å². The smallest absolute Gasteiger partial charge is 0.316 e. The fourth-order valence-corrected chi connectivity index (χ4v) is 3.18. The normalized spacial score (nSPS) is 23.9. The largest absolute Gasteiger partial charge is 0.369 e. The van der Waals surface area contributed by atoms with Crippen LogP contribution in [0, 0.1) is 5.92 Å². The first-order valence-corrected chi connectivity index (χ1v) is 10.4. The summed E-state index contributed by atoms with van der Waals surface area (Å²) in [6, 6.07) is -0.645. The Bertz CT molecular complexity index is 1020. The zero-order valence-corrected chi connectivity index (χ0v) is 20.2. The van der Waals surface area contributed by atoms with Crippen molar-refractivity contribution in [1.82, 2.24) is 19.5 Å². The van der Waals surface area contributed by atoms with Crippen LogP contribution in [0.25, 0.3) is 21.6 Å². The average Bonchev–Trinajstić information content (AvgIpc) is 3.15. The Hall–Kier alpha value is -1.18. The number of hydrogen-bond acceptors (Lipinski definition) is 9. The molecule has 3 heterocycles. The predicted octanol–water partition coefficient (Wildman–Crippen LogP) is -0.329. The van der Waals surface area contributed by atoms with Crippen LogP contribution in [-0.2, 0) is 51.1 Å². The number of fused-ring (bicyclic) bond motifs is 1. The van der Waals surface area contributed by atoms with E-state index in [1.807, 2.05) is 0 Å². The topological polar surface area (TPSA) is 252 Å². The molecule has 1 aliphatic heterocycles. The van der Waals surface area contributed by atoms with E-state index in [4.69, 9.17) is 39.8 Å². The molecule has 2 aromatic heterocycles. The van der Waals surface area contributed by atoms with Crippen LogP contribution in [0.4, 0.5) is 5.95 Å². The van der Waals surface area contributed by atoms with Gasteiger partial charge < -0.3 is 29.7 Å². The second-order valence-corrected chi connectivity index (χ2v) is 7.14. The van der Waals surface area contributed by atoms with Crippen LogP contribution in [0.1, 0.15) is 13.2 Å². The summed E-state index contributed by atoms with van der Waals surface area (Å²) in [7, 11) is -6.28. The fraction of sp³-hybridized carbons (Fsp3) is 0.545. The van der Waals surface area contributed by atoms with Crippen molar-refractivity contribution in [3.05, 3.63) is 27.1 Å². The number of imidazole rings is 1. The SMILES string of the molecule is CC1C(N=[N+]=[N-])[C@@H](CO[PH](=O)O)O[C@H]1n1cnc2c(=O)[nH]c(N)nc21.O=[PH](O)O.[Y]. The number of rotatable bonds is 5. The molecule has 3 rings (SSSR count). The third-order valence-electron chi connectivity index (χ3n) is 3.96. The van der Waals surface area contributed by atoms with Crippen LogP contribution >= 0.6 is 16.5 Å². The summed E-state index contributed by atoms with van der Waals surface area (Å²) in [5.74, 6) is -0.416. The van der Waals surface area contributed by atoms with E-state index in [0.717, 1.165) is 0 Å². The molecule has 0 aromatic carbocycles. The standard InChI is InChI=1S/C11H15N8O5P.H3O3P.Y/c1-4-6(17-18-13)5(2-23-25(21)22)24-10(4)19-3-14-7-8(19)15-11(12)16-9(7)20;1-4(2)3;/h3-6,10,25H,2H2,1H3,(H,21,22)(H3,12,15,16,20);4H,(H2,1,2,3);/t4?,5-,6?,10-;;/m1../s1. The molecule has 0 amide bonds. The minimum atomic E-state index is -3.15. The van der Waals surface area contributed by atoms with E-state index in [-0.39, 0.29) is 62.3 Å². The predicted molar refractivity (Wildman–Crippen MR) is 99.2 cm³/mol. The summed E-state index contributed by atoms with van der Waals surface area (Å²) < 4.78 is 31.6. The van der Waals surface area contributed by atoms with Gasteiger partial charge >= 0.3 is 16.5 Å². The number of azide groups is 1. The van der Waals surface area contributed by atoms with Gasteiger partial charge in [0.25, 0.3) is 5.56 Å². The first-order chi connectivity index (χ1) is 13.6. The number of nitrogens with two attached hydrogens (primary N) is 1. The molecule has 3 unspecified atom stereocenters. The van der Waals surface area contributed by atoms with Gasteiger partial charge in [0, 0.05) is 43.5 Å². The van der Waals surface area contributed by atoms with Crippen molar-refractivity contribution >= 4 is 33.6 Å². The first kappa shape index (κ1) is 26.9. The maximum absolute atomic E-state index is 11.9. The van der Waals surface area contributed by atoms with Gasteiger partial charge in [-0.05, 0) is 5.53 Å². The van der Waals surface area contributed by atoms with Crippen molar-refractivity contribution in [2.75, 3.05) is 12.3 Å². The second kappa shape index (κ2) is 12.0. The Morgan fingerprint density at radius 3 is 2.67 bits per heavy atom. The molecule has 1 aliphatic rings. The molecule has 5 atom stereocenters. The molecule has 1 fully saturated rings. The minimum absolute atomic E-state index is 0. The van der Waals surface area contributed by atoms with E-state index >= 15 is 0 Å². The molecule has 0 aliphatic carbocycles. The van der Waals surface area contributed by atoms with Crippen LogP contribution in [-0.4, -0.2) is 53.0 Å². The number of nitrogens with one attached hydrogen (secondary N) is 1. The Kier molecular flexibility index (Phi) is 10.8. The summed E-state index contributed by atoms with van der Waals surface area (Å²) in [6.45, 7) is 1.55. The van der Waals surface area contributed by atoms with Crippen LogP contribution < -0.4 is 11.3 Å². The molecule has 0 spiro atoms. The van der Waals surface area contributed by atoms with Gasteiger partial charge in [-0.1, -0.05) is 12.0 Å². The van der Waals surface area contributed by atoms with Gasteiger partial charge in [-0.25, -0.2) is 4.98 Å². The third-order valence-corrected chi connectivity index (χ3v) is 4.38. The number of nitrogen functional groups attached to an aromatic ring is 1. The zero-order valence-electron chi connectivity index (χ0n) is 15.3. The van der Waals surface area contributed by atoms with Crippen molar-refractivity contribution in [3.63, 3.8) is 0 Å². The molecule has 16 nitrogen and oxygen atoms in total. The van der Waals surface area contributed by atoms with Gasteiger partial charge in [0.15, 0.2) is 11.2 Å². The number of nitrogens with zero attached hydrogens (tertiary/aromatic N) is 6. The molecule has 19 heteroatoms. The number of hydrogen-bond donors (Lipinski definition) is 5. The maximum Gasteiger partial charge on any atom is 0.316 e. The monoisotopic (exact) mass is 541 g/mol. The molecule has 30 heavy (non-hydrogen) atoms. The Balaban J connectivity index is 0.000000827. The molecule has 2 aromatic rings. The van der Waals surface area contributed by atoms with Gasteiger partial charge in [-0.2, -0.15) is 4.98 Å². The summed E-state index contributed by atoms with van der Waals surface area (Å²) in [4.78, 5) is 48.2. The van der Waals surface area contributed by atoms with Crippen molar-refractivity contribution in [1.29, 1.82) is 0 Å². The third kappa shape index (κ3) is 6.66. The van der Waals surface area contributed by atoms with Crippen LogP contribution in [0.5, 0.6) is 0 Å². The number of aromatic nitrogens is 4. The average molecular weight is 541 g/mol. The molecule has 6 N–H and O–H groups in total. The van der Waals surface area contributed by atoms with E-state index < -0.39 is 40.4 Å². The van der Waals surface area contributed by atoms with E-state index in [9.17, 15) is 9.36 Å². The van der Waals surface area contributed by atoms with Crippen molar-refractivity contribution in [2.45, 2.75) is 25.3 Å². The summed E-state index contributed by atoms with van der Waals surface area (Å²) >= 11 is 0. The molecule has 0 bridgehead atoms. The number of H-pyrrole nitrogens is 1. The summed E-state index contributed by atoms with van der Waals surface area (Å²) in [5.41, 5.74) is 14.2. The van der Waals surface area contributed by atoms with E-state index in [1.165, 1.54) is 10.9 Å². The number of ether oxygens (including phenoxy) is 1. The zero-order chi connectivity index (χ0) is 21.7. The Labute approximate surface area is 194 Å². The van der Waals surface area contributed by atoms with Crippen molar-refractivity contribution in [2.24, 2.45) is 11.0 Å². The van der Waals surface area contributed by atoms with Crippen molar-refractivity contribution in [3.8, 4) is 0 Å². The minimum Gasteiger partial charge on any atom is -0.369 e. The van der Waals surface area contributed by atoms with Crippen LogP contribution in [0.15, 0.2) is 16.2 Å².